The molecule has 0 unspecified atom stereocenters. The average Bonchev–Trinajstić information content (AvgIpc) is 3.57. The third kappa shape index (κ3) is 4.66. The number of carbonyl (C=O) groups excluding carboxylic acids is 1. The van der Waals surface area contributed by atoms with E-state index in [2.05, 4.69) is 5.32 Å². The number of halogens is 1. The maximum Gasteiger partial charge on any atom is 0.407 e. The van der Waals surface area contributed by atoms with Crippen molar-refractivity contribution in [3.63, 3.8) is 0 Å². The topological polar surface area (TPSA) is 97.1 Å². The van der Waals surface area contributed by atoms with Crippen LogP contribution in [0.5, 0.6) is 0 Å². The molecule has 8 heteroatoms. The largest absolute Gasteiger partial charge is 0.477 e. The molecule has 7 nitrogen and oxygen atoms in total. The van der Waals surface area contributed by atoms with Crippen LogP contribution in [0.3, 0.4) is 0 Å². The molecule has 0 radical (unpaired) electrons. The molecule has 1 fully saturated rings. The molecule has 0 atom stereocenters. The van der Waals surface area contributed by atoms with E-state index in [0.717, 1.165) is 34.6 Å². The number of aromatic carboxylic acids is 1. The first-order valence-electron chi connectivity index (χ1n) is 11.1. The lowest BCUT2D eigenvalue weighted by Crippen LogP contribution is -2.32. The first-order valence-corrected chi connectivity index (χ1v) is 11.1. The van der Waals surface area contributed by atoms with Crippen LogP contribution >= 0.6 is 0 Å². The number of carboxylic acids is 1. The highest BCUT2D eigenvalue weighted by Gasteiger charge is 2.30. The van der Waals surface area contributed by atoms with Crippen molar-refractivity contribution in [3.8, 4) is 11.1 Å². The first kappa shape index (κ1) is 23.5. The van der Waals surface area contributed by atoms with Gasteiger partial charge in [0.25, 0.3) is 5.56 Å². The van der Waals surface area contributed by atoms with Crippen molar-refractivity contribution in [2.24, 2.45) is 0 Å². The van der Waals surface area contributed by atoms with Gasteiger partial charge in [-0.2, -0.15) is 0 Å². The normalized spacial score (nSPS) is 13.7. The van der Waals surface area contributed by atoms with E-state index in [0.29, 0.717) is 22.2 Å². The van der Waals surface area contributed by atoms with Crippen LogP contribution in [0.15, 0.2) is 41.3 Å². The molecule has 2 aromatic heterocycles. The van der Waals surface area contributed by atoms with Crippen molar-refractivity contribution >= 4 is 17.6 Å². The van der Waals surface area contributed by atoms with E-state index in [9.17, 15) is 19.5 Å². The smallest absolute Gasteiger partial charge is 0.407 e. The Labute approximate surface area is 196 Å². The zero-order valence-electron chi connectivity index (χ0n) is 19.6. The predicted octanol–water partition coefficient (Wildman–Crippen LogP) is 5.01. The number of hydrogen-bond acceptors (Lipinski definition) is 4. The van der Waals surface area contributed by atoms with Gasteiger partial charge in [0.15, 0.2) is 0 Å². The summed E-state index contributed by atoms with van der Waals surface area (Å²) in [6.45, 7) is 7.36. The quantitative estimate of drug-likeness (QED) is 0.551. The molecule has 2 heterocycles. The Bertz CT molecular complexity index is 1350. The van der Waals surface area contributed by atoms with Gasteiger partial charge in [-0.05, 0) is 74.8 Å². The molecule has 0 spiro atoms. The number of carbonyl (C=O) groups is 2. The number of aryl methyl sites for hydroxylation is 1. The molecule has 1 saturated carbocycles. The van der Waals surface area contributed by atoms with Crippen LogP contribution in [-0.2, 0) is 11.3 Å². The summed E-state index contributed by atoms with van der Waals surface area (Å²) in [5.74, 6) is -1.78. The summed E-state index contributed by atoms with van der Waals surface area (Å²) in [7, 11) is 0. The molecule has 0 saturated heterocycles. The standard InChI is InChI=1S/C26H27FN2O5/c1-14-21(17-7-5-15(6-8-17)12-28-25(33)34-26(2,3)4)20(27)13-29-22(14)18(16-9-10-16)11-19(23(29)30)24(31)32/h5-8,11,13,16H,9-10,12H2,1-4H3,(H,28,33)(H,31,32). The Morgan fingerprint density at radius 1 is 1.21 bits per heavy atom. The van der Waals surface area contributed by atoms with Crippen LogP contribution < -0.4 is 10.9 Å². The zero-order chi connectivity index (χ0) is 24.8. The van der Waals surface area contributed by atoms with Gasteiger partial charge in [0.2, 0.25) is 0 Å². The van der Waals surface area contributed by atoms with Gasteiger partial charge >= 0.3 is 12.1 Å². The molecule has 2 N–H and O–H groups in total. The number of aromatic nitrogens is 1. The monoisotopic (exact) mass is 466 g/mol. The number of ether oxygens (including phenoxy) is 1. The van der Waals surface area contributed by atoms with E-state index < -0.39 is 29.0 Å². The van der Waals surface area contributed by atoms with E-state index in [1.165, 1.54) is 6.07 Å². The number of alkyl carbamates (subject to hydrolysis) is 1. The number of amides is 1. The van der Waals surface area contributed by atoms with E-state index in [4.69, 9.17) is 4.74 Å². The Hall–Kier alpha value is -3.68. The molecule has 178 valence electrons. The molecule has 34 heavy (non-hydrogen) atoms. The predicted molar refractivity (Wildman–Crippen MR) is 126 cm³/mol. The van der Waals surface area contributed by atoms with Gasteiger partial charge in [-0.3, -0.25) is 9.20 Å². The van der Waals surface area contributed by atoms with Crippen LogP contribution in [-0.4, -0.2) is 27.2 Å². The van der Waals surface area contributed by atoms with E-state index in [1.54, 1.807) is 52.0 Å². The maximum atomic E-state index is 15.3. The SMILES string of the molecule is Cc1c(-c2ccc(CNC(=O)OC(C)(C)C)cc2)c(F)cn2c(=O)c(C(=O)O)cc(C3CC3)c12. The summed E-state index contributed by atoms with van der Waals surface area (Å²) in [6.07, 6.45) is 2.36. The number of fused-ring (bicyclic) bond motifs is 1. The highest BCUT2D eigenvalue weighted by Crippen LogP contribution is 2.43. The minimum Gasteiger partial charge on any atom is -0.477 e. The van der Waals surface area contributed by atoms with Crippen LogP contribution in [0, 0.1) is 12.7 Å². The fraction of sp³-hybridized carbons (Fsp3) is 0.346. The van der Waals surface area contributed by atoms with E-state index >= 15 is 4.39 Å². The number of benzene rings is 1. The second kappa shape index (κ2) is 8.59. The van der Waals surface area contributed by atoms with Gasteiger partial charge < -0.3 is 15.2 Å². The van der Waals surface area contributed by atoms with Crippen molar-refractivity contribution in [1.29, 1.82) is 0 Å². The van der Waals surface area contributed by atoms with Crippen LogP contribution in [0.2, 0.25) is 0 Å². The fourth-order valence-electron chi connectivity index (χ4n) is 4.14. The number of hydrogen-bond donors (Lipinski definition) is 2. The zero-order valence-corrected chi connectivity index (χ0v) is 19.6. The molecule has 0 aliphatic heterocycles. The molecule has 1 amide bonds. The highest BCUT2D eigenvalue weighted by atomic mass is 19.1. The van der Waals surface area contributed by atoms with Gasteiger partial charge in [0.05, 0.1) is 5.52 Å². The van der Waals surface area contributed by atoms with E-state index in [-0.39, 0.29) is 18.0 Å². The Balaban J connectivity index is 1.70. The first-order chi connectivity index (χ1) is 16.0. The number of carboxylic acid groups (broad SMARTS) is 1. The molecule has 1 aliphatic rings. The summed E-state index contributed by atoms with van der Waals surface area (Å²) in [5, 5.41) is 12.1. The summed E-state index contributed by atoms with van der Waals surface area (Å²) < 4.78 is 21.6. The Morgan fingerprint density at radius 3 is 2.41 bits per heavy atom. The summed E-state index contributed by atoms with van der Waals surface area (Å²) in [5.41, 5.74) is 2.00. The van der Waals surface area contributed by atoms with Crippen molar-refractivity contribution in [2.45, 2.75) is 58.6 Å². The lowest BCUT2D eigenvalue weighted by atomic mass is 9.95. The second-order valence-electron chi connectivity index (χ2n) is 9.65. The number of rotatable bonds is 5. The van der Waals surface area contributed by atoms with E-state index in [1.807, 2.05) is 0 Å². The molecular formula is C26H27FN2O5. The third-order valence-corrected chi connectivity index (χ3v) is 5.80. The molecular weight excluding hydrogens is 439 g/mol. The summed E-state index contributed by atoms with van der Waals surface area (Å²) in [4.78, 5) is 36.2. The van der Waals surface area contributed by atoms with Gasteiger partial charge in [-0.15, -0.1) is 0 Å². The number of nitrogens with zero attached hydrogens (tertiary/aromatic N) is 1. The summed E-state index contributed by atoms with van der Waals surface area (Å²) >= 11 is 0. The molecule has 1 aliphatic carbocycles. The van der Waals surface area contributed by atoms with Crippen LogP contribution in [0.1, 0.15) is 66.6 Å². The van der Waals surface area contributed by atoms with Crippen molar-refractivity contribution in [1.82, 2.24) is 9.72 Å². The second-order valence-corrected chi connectivity index (χ2v) is 9.65. The fourth-order valence-corrected chi connectivity index (χ4v) is 4.14. The minimum atomic E-state index is -1.32. The lowest BCUT2D eigenvalue weighted by molar-refractivity contribution is 0.0523. The van der Waals surface area contributed by atoms with Crippen molar-refractivity contribution in [2.75, 3.05) is 0 Å². The van der Waals surface area contributed by atoms with Gasteiger partial charge in [-0.25, -0.2) is 14.0 Å². The lowest BCUT2D eigenvalue weighted by Gasteiger charge is -2.19. The number of pyridine rings is 2. The van der Waals surface area contributed by atoms with Gasteiger partial charge in [-0.1, -0.05) is 24.3 Å². The minimum absolute atomic E-state index is 0.159. The average molecular weight is 467 g/mol. The molecule has 0 bridgehead atoms. The third-order valence-electron chi connectivity index (χ3n) is 5.80. The van der Waals surface area contributed by atoms with Crippen LogP contribution in [0.4, 0.5) is 9.18 Å². The summed E-state index contributed by atoms with van der Waals surface area (Å²) in [6, 6.07) is 8.54. The van der Waals surface area contributed by atoms with Crippen LogP contribution in [0.25, 0.3) is 16.6 Å². The maximum absolute atomic E-state index is 15.3. The Morgan fingerprint density at radius 2 is 1.85 bits per heavy atom. The van der Waals surface area contributed by atoms with Gasteiger partial charge in [0, 0.05) is 18.3 Å². The Kier molecular flexibility index (Phi) is 5.93. The highest BCUT2D eigenvalue weighted by molar-refractivity contribution is 5.89. The molecule has 3 aromatic rings. The number of nitrogens with one attached hydrogen (secondary N) is 1. The van der Waals surface area contributed by atoms with Crippen molar-refractivity contribution < 1.29 is 23.8 Å². The van der Waals surface area contributed by atoms with Gasteiger partial charge in [0.1, 0.15) is 17.0 Å². The molecule has 1 aromatic carbocycles. The van der Waals surface area contributed by atoms with Crippen molar-refractivity contribution in [3.05, 3.63) is 75.0 Å². The molecule has 4 rings (SSSR count).